The third kappa shape index (κ3) is 2.10. The molecule has 4 bridgehead atoms. The van der Waals surface area contributed by atoms with Crippen molar-refractivity contribution >= 4 is 11.4 Å². The number of alkyl halides is 8. The molecule has 2 aromatic rings. The molecule has 4 N–H and O–H groups in total. The molecule has 0 saturated heterocycles. The number of rotatable bonds is 0. The summed E-state index contributed by atoms with van der Waals surface area (Å²) >= 11 is 0. The van der Waals surface area contributed by atoms with Crippen molar-refractivity contribution < 1.29 is 35.1 Å². The summed E-state index contributed by atoms with van der Waals surface area (Å²) in [5, 5.41) is 0. The van der Waals surface area contributed by atoms with Gasteiger partial charge in [0.05, 0.1) is 11.1 Å². The largest absolute Gasteiger partial charge is 0.398 e. The van der Waals surface area contributed by atoms with Crippen molar-refractivity contribution in [3.63, 3.8) is 0 Å². The summed E-state index contributed by atoms with van der Waals surface area (Å²) in [5.74, 6) is -19.6. The quantitative estimate of drug-likeness (QED) is 0.501. The third-order valence-corrected chi connectivity index (χ3v) is 4.29. The highest BCUT2D eigenvalue weighted by molar-refractivity contribution is 5.58. The highest BCUT2D eigenvalue weighted by Crippen LogP contribution is 2.56. The second-order valence-electron chi connectivity index (χ2n) is 5.90. The van der Waals surface area contributed by atoms with E-state index in [4.69, 9.17) is 11.5 Å². The number of hydrogen-bond donors (Lipinski definition) is 2. The molecule has 2 aromatic carbocycles. The van der Waals surface area contributed by atoms with E-state index in [0.717, 1.165) is 0 Å². The molecule has 0 aromatic heterocycles. The van der Waals surface area contributed by atoms with Crippen LogP contribution in [0.15, 0.2) is 36.4 Å². The van der Waals surface area contributed by atoms with E-state index in [9.17, 15) is 35.1 Å². The van der Waals surface area contributed by atoms with Gasteiger partial charge < -0.3 is 11.5 Å². The Hall–Kier alpha value is -2.52. The molecule has 0 spiro atoms. The Morgan fingerprint density at radius 1 is 0.500 bits per heavy atom. The predicted molar refractivity (Wildman–Crippen MR) is 77.3 cm³/mol. The van der Waals surface area contributed by atoms with Crippen molar-refractivity contribution in [3.05, 3.63) is 58.7 Å². The van der Waals surface area contributed by atoms with Gasteiger partial charge in [0.2, 0.25) is 0 Å². The first kappa shape index (κ1) is 18.3. The lowest BCUT2D eigenvalue weighted by atomic mass is 9.87. The first-order valence-electron chi connectivity index (χ1n) is 7.07. The van der Waals surface area contributed by atoms with Gasteiger partial charge in [-0.15, -0.1) is 0 Å². The summed E-state index contributed by atoms with van der Waals surface area (Å²) in [4.78, 5) is 0. The fourth-order valence-corrected chi connectivity index (χ4v) is 2.79. The Kier molecular flexibility index (Phi) is 3.52. The van der Waals surface area contributed by atoms with Crippen molar-refractivity contribution in [1.82, 2.24) is 0 Å². The summed E-state index contributed by atoms with van der Waals surface area (Å²) < 4.78 is 115. The van der Waals surface area contributed by atoms with Crippen molar-refractivity contribution in [1.29, 1.82) is 0 Å². The minimum Gasteiger partial charge on any atom is -0.398 e. The van der Waals surface area contributed by atoms with Crippen LogP contribution in [0.4, 0.5) is 46.5 Å². The molecule has 140 valence electrons. The molecule has 0 saturated carbocycles. The zero-order chi connectivity index (χ0) is 19.7. The van der Waals surface area contributed by atoms with E-state index in [1.807, 2.05) is 0 Å². The summed E-state index contributed by atoms with van der Waals surface area (Å²) in [5.41, 5.74) is 2.36. The zero-order valence-corrected chi connectivity index (χ0v) is 12.6. The Bertz CT molecular complexity index is 818. The van der Waals surface area contributed by atoms with Crippen LogP contribution in [0.2, 0.25) is 0 Å². The van der Waals surface area contributed by atoms with Crippen LogP contribution in [0.25, 0.3) is 0 Å². The second-order valence-corrected chi connectivity index (χ2v) is 5.90. The van der Waals surface area contributed by atoms with Crippen LogP contribution in [-0.4, -0.2) is 0 Å². The fraction of sp³-hybridized carbons (Fsp3) is 0.250. The summed E-state index contributed by atoms with van der Waals surface area (Å²) in [7, 11) is 0. The van der Waals surface area contributed by atoms with Gasteiger partial charge in [-0.25, -0.2) is 0 Å². The van der Waals surface area contributed by atoms with Gasteiger partial charge in [-0.2, -0.15) is 35.1 Å². The molecule has 6 rings (SSSR count). The molecule has 26 heavy (non-hydrogen) atoms. The van der Waals surface area contributed by atoms with Gasteiger partial charge >= 0.3 is 23.7 Å². The highest BCUT2D eigenvalue weighted by atomic mass is 19.3. The Morgan fingerprint density at radius 2 is 0.808 bits per heavy atom. The topological polar surface area (TPSA) is 52.0 Å². The van der Waals surface area contributed by atoms with Crippen molar-refractivity contribution in [2.75, 3.05) is 11.5 Å². The number of benzene rings is 2. The smallest absolute Gasteiger partial charge is 0.341 e. The Morgan fingerprint density at radius 3 is 1.08 bits per heavy atom. The van der Waals surface area contributed by atoms with E-state index < -0.39 is 57.3 Å². The summed E-state index contributed by atoms with van der Waals surface area (Å²) in [6, 6.07) is 1.09. The molecule has 0 aliphatic heterocycles. The van der Waals surface area contributed by atoms with Crippen LogP contribution in [0.5, 0.6) is 0 Å². The molecule has 0 heterocycles. The van der Waals surface area contributed by atoms with Crippen LogP contribution < -0.4 is 11.5 Å². The van der Waals surface area contributed by atoms with Crippen LogP contribution in [0.3, 0.4) is 0 Å². The molecule has 0 radical (unpaired) electrons. The number of hydrogen-bond acceptors (Lipinski definition) is 2. The van der Waals surface area contributed by atoms with Gasteiger partial charge in [0, 0.05) is 22.5 Å². The maximum absolute atomic E-state index is 14.4. The van der Waals surface area contributed by atoms with Crippen molar-refractivity contribution in [3.8, 4) is 0 Å². The molecule has 10 heteroatoms. The third-order valence-electron chi connectivity index (χ3n) is 4.29. The van der Waals surface area contributed by atoms with E-state index in [1.54, 1.807) is 0 Å². The molecule has 4 aliphatic carbocycles. The van der Waals surface area contributed by atoms with Crippen molar-refractivity contribution in [2.45, 2.75) is 23.7 Å². The standard InChI is InChI=1S/C16H10F8N2/c17-13(18)7-1-3-9(11(25)5-7)15(21,22)14(19,20)8-2-4-10(12(26)6-8)16(13,23)24/h1-6H,25-26H2. The molecular weight excluding hydrogens is 372 g/mol. The van der Waals surface area contributed by atoms with Crippen molar-refractivity contribution in [2.24, 2.45) is 0 Å². The monoisotopic (exact) mass is 382 g/mol. The molecule has 0 amide bonds. The number of halogens is 8. The second kappa shape index (κ2) is 5.01. The molecular formula is C16H10F8N2. The fourth-order valence-electron chi connectivity index (χ4n) is 2.79. The molecule has 0 fully saturated rings. The average molecular weight is 382 g/mol. The van der Waals surface area contributed by atoms with E-state index in [2.05, 4.69) is 0 Å². The maximum atomic E-state index is 14.4. The zero-order valence-electron chi connectivity index (χ0n) is 12.6. The predicted octanol–water partition coefficient (Wildman–Crippen LogP) is 4.93. The molecule has 2 nitrogen and oxygen atoms in total. The number of nitrogen functional groups attached to an aromatic ring is 2. The lowest BCUT2D eigenvalue weighted by molar-refractivity contribution is -0.226. The Labute approximate surface area is 141 Å². The Balaban J connectivity index is 2.46. The summed E-state index contributed by atoms with van der Waals surface area (Å²) in [6.07, 6.45) is 0. The van der Waals surface area contributed by atoms with E-state index in [1.165, 1.54) is 0 Å². The van der Waals surface area contributed by atoms with E-state index >= 15 is 0 Å². The minimum atomic E-state index is -4.90. The van der Waals surface area contributed by atoms with E-state index in [0.29, 0.717) is 0 Å². The van der Waals surface area contributed by atoms with Gasteiger partial charge in [0.25, 0.3) is 0 Å². The van der Waals surface area contributed by atoms with Crippen LogP contribution in [-0.2, 0) is 23.7 Å². The maximum Gasteiger partial charge on any atom is 0.341 e. The SMILES string of the molecule is Nc1cc2ccc1C(F)(F)C(F)(F)c1ccc(c(N)c1)C(F)(F)C2(F)F. The average Bonchev–Trinajstić information content (AvgIpc) is 2.52. The van der Waals surface area contributed by atoms with Gasteiger partial charge in [0.1, 0.15) is 0 Å². The van der Waals surface area contributed by atoms with Crippen LogP contribution >= 0.6 is 0 Å². The normalized spacial score (nSPS) is 21.8. The number of anilines is 2. The van der Waals surface area contributed by atoms with Gasteiger partial charge in [0.15, 0.2) is 0 Å². The molecule has 4 aliphatic rings. The van der Waals surface area contributed by atoms with Gasteiger partial charge in [-0.05, 0) is 12.1 Å². The van der Waals surface area contributed by atoms with Crippen LogP contribution in [0.1, 0.15) is 22.3 Å². The highest BCUT2D eigenvalue weighted by Gasteiger charge is 2.63. The van der Waals surface area contributed by atoms with Gasteiger partial charge in [-0.3, -0.25) is 0 Å². The number of nitrogens with two attached hydrogens (primary N) is 2. The lowest BCUT2D eigenvalue weighted by Gasteiger charge is -2.33. The first-order valence-corrected chi connectivity index (χ1v) is 7.07. The molecule has 0 unspecified atom stereocenters. The molecule has 0 atom stereocenters. The lowest BCUT2D eigenvalue weighted by Crippen LogP contribution is -2.39. The van der Waals surface area contributed by atoms with Gasteiger partial charge in [-0.1, -0.05) is 24.3 Å². The summed E-state index contributed by atoms with van der Waals surface area (Å²) in [6.45, 7) is 0. The minimum absolute atomic E-state index is 0.136. The van der Waals surface area contributed by atoms with Crippen LogP contribution in [0, 0.1) is 0 Å². The first-order chi connectivity index (χ1) is 11.7. The van der Waals surface area contributed by atoms with E-state index in [-0.39, 0.29) is 36.4 Å².